The summed E-state index contributed by atoms with van der Waals surface area (Å²) in [7, 11) is 2.71. The standard InChI is InChI=1S/C18H18F2N4O3S/c1-9-10(2)28-17-14(9)16(21-8-22-17)24-23-7-11-5-12(25-3)15(27-18(19)20)13(6-11)26-4/h5-8,18H,1-4H3,(H,21,22,24)/b23-7-. The summed E-state index contributed by atoms with van der Waals surface area (Å²) in [6, 6.07) is 3.03. The van der Waals surface area contributed by atoms with Crippen LogP contribution in [0.5, 0.6) is 17.2 Å². The molecule has 0 radical (unpaired) electrons. The molecule has 0 atom stereocenters. The van der Waals surface area contributed by atoms with Gasteiger partial charge in [0.25, 0.3) is 0 Å². The summed E-state index contributed by atoms with van der Waals surface area (Å²) in [5.74, 6) is 0.622. The molecule has 0 saturated carbocycles. The molecule has 1 aromatic carbocycles. The number of anilines is 1. The molecule has 2 heterocycles. The van der Waals surface area contributed by atoms with Crippen molar-refractivity contribution in [3.8, 4) is 17.2 Å². The maximum Gasteiger partial charge on any atom is 0.387 e. The molecule has 2 aromatic heterocycles. The number of rotatable bonds is 7. The van der Waals surface area contributed by atoms with Crippen molar-refractivity contribution in [1.82, 2.24) is 9.97 Å². The van der Waals surface area contributed by atoms with Crippen LogP contribution in [0, 0.1) is 13.8 Å². The van der Waals surface area contributed by atoms with Gasteiger partial charge in [0.05, 0.1) is 25.8 Å². The average Bonchev–Trinajstić information content (AvgIpc) is 2.96. The number of ether oxygens (including phenoxy) is 3. The number of benzene rings is 1. The van der Waals surface area contributed by atoms with Crippen LogP contribution in [0.2, 0.25) is 0 Å². The lowest BCUT2D eigenvalue weighted by Gasteiger charge is -2.14. The molecule has 3 aromatic rings. The van der Waals surface area contributed by atoms with E-state index >= 15 is 0 Å². The van der Waals surface area contributed by atoms with E-state index in [2.05, 4.69) is 25.2 Å². The first kappa shape index (κ1) is 19.7. The SMILES string of the molecule is COc1cc(/C=N\Nc2ncnc3sc(C)c(C)c23)cc(OC)c1OC(F)F. The number of methoxy groups -OCH3 is 2. The lowest BCUT2D eigenvalue weighted by molar-refractivity contribution is -0.0526. The van der Waals surface area contributed by atoms with Crippen molar-refractivity contribution >= 4 is 33.6 Å². The van der Waals surface area contributed by atoms with Crippen molar-refractivity contribution in [2.24, 2.45) is 5.10 Å². The Morgan fingerprint density at radius 2 is 1.82 bits per heavy atom. The largest absolute Gasteiger partial charge is 0.493 e. The van der Waals surface area contributed by atoms with E-state index in [0.29, 0.717) is 11.4 Å². The van der Waals surface area contributed by atoms with Gasteiger partial charge in [-0.2, -0.15) is 13.9 Å². The molecule has 1 N–H and O–H groups in total. The summed E-state index contributed by atoms with van der Waals surface area (Å²) >= 11 is 1.59. The lowest BCUT2D eigenvalue weighted by atomic mass is 10.2. The first-order valence-electron chi connectivity index (χ1n) is 8.15. The van der Waals surface area contributed by atoms with Crippen LogP contribution in [-0.2, 0) is 0 Å². The Hall–Kier alpha value is -3.01. The minimum Gasteiger partial charge on any atom is -0.493 e. The van der Waals surface area contributed by atoms with Crippen molar-refractivity contribution in [3.05, 3.63) is 34.5 Å². The van der Waals surface area contributed by atoms with E-state index in [9.17, 15) is 8.78 Å². The number of halogens is 2. The van der Waals surface area contributed by atoms with Crippen LogP contribution >= 0.6 is 11.3 Å². The number of hydrogen-bond acceptors (Lipinski definition) is 8. The van der Waals surface area contributed by atoms with Crippen LogP contribution < -0.4 is 19.6 Å². The Bertz CT molecular complexity index is 998. The van der Waals surface area contributed by atoms with Gasteiger partial charge in [0.2, 0.25) is 5.75 Å². The van der Waals surface area contributed by atoms with E-state index in [4.69, 9.17) is 9.47 Å². The van der Waals surface area contributed by atoms with E-state index in [1.807, 2.05) is 13.8 Å². The smallest absolute Gasteiger partial charge is 0.387 e. The number of hydrazone groups is 1. The zero-order chi connectivity index (χ0) is 20.3. The third kappa shape index (κ3) is 3.96. The number of nitrogens with one attached hydrogen (secondary N) is 1. The zero-order valence-electron chi connectivity index (χ0n) is 15.6. The molecule has 0 spiro atoms. The van der Waals surface area contributed by atoms with Gasteiger partial charge in [0.1, 0.15) is 11.2 Å². The second-order valence-electron chi connectivity index (χ2n) is 5.69. The molecule has 0 amide bonds. The van der Waals surface area contributed by atoms with Gasteiger partial charge in [0.15, 0.2) is 17.3 Å². The van der Waals surface area contributed by atoms with E-state index < -0.39 is 6.61 Å². The third-order valence-corrected chi connectivity index (χ3v) is 5.15. The number of fused-ring (bicyclic) bond motifs is 1. The third-order valence-electron chi connectivity index (χ3n) is 4.04. The predicted molar refractivity (Wildman–Crippen MR) is 104 cm³/mol. The molecular formula is C18H18F2N4O3S. The van der Waals surface area contributed by atoms with Gasteiger partial charge in [-0.05, 0) is 31.5 Å². The summed E-state index contributed by atoms with van der Waals surface area (Å²) in [4.78, 5) is 10.6. The minimum atomic E-state index is -3.00. The molecule has 0 fully saturated rings. The maximum atomic E-state index is 12.6. The van der Waals surface area contributed by atoms with Crippen LogP contribution in [-0.4, -0.2) is 37.0 Å². The summed E-state index contributed by atoms with van der Waals surface area (Å²) in [5.41, 5.74) is 4.56. The molecule has 0 aliphatic carbocycles. The van der Waals surface area contributed by atoms with E-state index in [-0.39, 0.29) is 17.2 Å². The van der Waals surface area contributed by atoms with E-state index in [0.717, 1.165) is 20.7 Å². The Morgan fingerprint density at radius 3 is 2.43 bits per heavy atom. The van der Waals surface area contributed by atoms with E-state index in [1.165, 1.54) is 38.9 Å². The lowest BCUT2D eigenvalue weighted by Crippen LogP contribution is -2.06. The Balaban J connectivity index is 1.89. The zero-order valence-corrected chi connectivity index (χ0v) is 16.4. The highest BCUT2D eigenvalue weighted by Gasteiger charge is 2.18. The number of aromatic nitrogens is 2. The Morgan fingerprint density at radius 1 is 1.14 bits per heavy atom. The number of nitrogens with zero attached hydrogens (tertiary/aromatic N) is 3. The molecular weight excluding hydrogens is 390 g/mol. The molecule has 7 nitrogen and oxygen atoms in total. The van der Waals surface area contributed by atoms with Gasteiger partial charge >= 0.3 is 6.61 Å². The molecule has 10 heteroatoms. The molecule has 0 bridgehead atoms. The van der Waals surface area contributed by atoms with Crippen LogP contribution in [0.3, 0.4) is 0 Å². The molecule has 148 valence electrons. The summed E-state index contributed by atoms with van der Waals surface area (Å²) in [6.45, 7) is 1.03. The average molecular weight is 408 g/mol. The molecule has 0 aliphatic rings. The molecule has 28 heavy (non-hydrogen) atoms. The normalized spacial score (nSPS) is 11.4. The topological polar surface area (TPSA) is 77.9 Å². The fraction of sp³-hybridized carbons (Fsp3) is 0.278. The van der Waals surface area contributed by atoms with Gasteiger partial charge in [-0.15, -0.1) is 11.3 Å². The van der Waals surface area contributed by atoms with Crippen LogP contribution in [0.25, 0.3) is 10.2 Å². The van der Waals surface area contributed by atoms with Crippen molar-refractivity contribution < 1.29 is 23.0 Å². The quantitative estimate of drug-likeness (QED) is 0.462. The molecule has 0 saturated heterocycles. The number of aryl methyl sites for hydroxylation is 2. The monoisotopic (exact) mass is 408 g/mol. The summed E-state index contributed by atoms with van der Waals surface area (Å²) in [6.07, 6.45) is 2.97. The number of hydrogen-bond donors (Lipinski definition) is 1. The van der Waals surface area contributed by atoms with Gasteiger partial charge in [-0.25, -0.2) is 9.97 Å². The van der Waals surface area contributed by atoms with Gasteiger partial charge in [-0.1, -0.05) is 0 Å². The van der Waals surface area contributed by atoms with Crippen molar-refractivity contribution in [2.45, 2.75) is 20.5 Å². The molecule has 0 aliphatic heterocycles. The highest BCUT2D eigenvalue weighted by Crippen LogP contribution is 2.39. The van der Waals surface area contributed by atoms with Crippen LogP contribution in [0.1, 0.15) is 16.0 Å². The fourth-order valence-corrected chi connectivity index (χ4v) is 3.61. The highest BCUT2D eigenvalue weighted by atomic mass is 32.1. The van der Waals surface area contributed by atoms with Crippen LogP contribution in [0.4, 0.5) is 14.6 Å². The molecule has 0 unspecified atom stereocenters. The van der Waals surface area contributed by atoms with Crippen molar-refractivity contribution in [3.63, 3.8) is 0 Å². The highest BCUT2D eigenvalue weighted by molar-refractivity contribution is 7.18. The van der Waals surface area contributed by atoms with Crippen LogP contribution in [0.15, 0.2) is 23.6 Å². The van der Waals surface area contributed by atoms with Gasteiger partial charge < -0.3 is 14.2 Å². The number of alkyl halides is 2. The Labute approximate surface area is 164 Å². The van der Waals surface area contributed by atoms with Gasteiger partial charge in [-0.3, -0.25) is 5.43 Å². The maximum absolute atomic E-state index is 12.6. The Kier molecular flexibility index (Phi) is 5.88. The fourth-order valence-electron chi connectivity index (χ4n) is 2.62. The second-order valence-corrected chi connectivity index (χ2v) is 6.89. The van der Waals surface area contributed by atoms with E-state index in [1.54, 1.807) is 11.3 Å². The predicted octanol–water partition coefficient (Wildman–Crippen LogP) is 4.37. The molecule has 3 rings (SSSR count). The minimum absolute atomic E-state index is 0.106. The number of thiophene rings is 1. The van der Waals surface area contributed by atoms with Gasteiger partial charge in [0, 0.05) is 10.4 Å². The first-order valence-corrected chi connectivity index (χ1v) is 8.96. The second kappa shape index (κ2) is 8.34. The summed E-state index contributed by atoms with van der Waals surface area (Å²) in [5, 5.41) is 5.11. The first-order chi connectivity index (χ1) is 13.4. The van der Waals surface area contributed by atoms with Crippen molar-refractivity contribution in [2.75, 3.05) is 19.6 Å². The van der Waals surface area contributed by atoms with Crippen molar-refractivity contribution in [1.29, 1.82) is 0 Å². The summed E-state index contributed by atoms with van der Waals surface area (Å²) < 4.78 is 40.0.